The standard InChI is InChI=1S/C17H21N3O3S/c1-13-7-8-16(10-14(13)2)20(24(3,22)23)12-17(21)19-11-15-6-4-5-9-18-15/h4-10H,11-12H2,1-3H3,(H,19,21). The Morgan fingerprint density at radius 1 is 1.17 bits per heavy atom. The van der Waals surface area contributed by atoms with Crippen LogP contribution < -0.4 is 9.62 Å². The van der Waals surface area contributed by atoms with Gasteiger partial charge in [0.05, 0.1) is 24.2 Å². The first kappa shape index (κ1) is 17.9. The monoisotopic (exact) mass is 347 g/mol. The summed E-state index contributed by atoms with van der Waals surface area (Å²) in [5.41, 5.74) is 3.22. The molecule has 7 heteroatoms. The molecule has 0 fully saturated rings. The Balaban J connectivity index is 2.11. The van der Waals surface area contributed by atoms with Crippen LogP contribution in [0.2, 0.25) is 0 Å². The van der Waals surface area contributed by atoms with Gasteiger partial charge in [0.15, 0.2) is 0 Å². The Morgan fingerprint density at radius 2 is 1.92 bits per heavy atom. The van der Waals surface area contributed by atoms with Gasteiger partial charge in [0.1, 0.15) is 6.54 Å². The number of aromatic nitrogens is 1. The molecule has 1 amide bonds. The molecule has 0 atom stereocenters. The average Bonchev–Trinajstić information content (AvgIpc) is 2.53. The number of nitrogens with one attached hydrogen (secondary N) is 1. The molecule has 0 radical (unpaired) electrons. The first-order chi connectivity index (χ1) is 11.3. The summed E-state index contributed by atoms with van der Waals surface area (Å²) in [4.78, 5) is 16.3. The van der Waals surface area contributed by atoms with Crippen molar-refractivity contribution >= 4 is 21.6 Å². The lowest BCUT2D eigenvalue weighted by Gasteiger charge is -2.22. The number of carbonyl (C=O) groups is 1. The number of aryl methyl sites for hydroxylation is 2. The van der Waals surface area contributed by atoms with Crippen molar-refractivity contribution in [1.82, 2.24) is 10.3 Å². The predicted molar refractivity (Wildman–Crippen MR) is 94.2 cm³/mol. The normalized spacial score (nSPS) is 11.1. The van der Waals surface area contributed by atoms with E-state index < -0.39 is 10.0 Å². The van der Waals surface area contributed by atoms with Crippen molar-refractivity contribution in [2.24, 2.45) is 0 Å². The minimum atomic E-state index is -3.57. The molecule has 1 aromatic carbocycles. The number of benzene rings is 1. The van der Waals surface area contributed by atoms with Gasteiger partial charge in [-0.2, -0.15) is 0 Å². The minimum absolute atomic E-state index is 0.254. The number of anilines is 1. The van der Waals surface area contributed by atoms with Crippen LogP contribution in [0.1, 0.15) is 16.8 Å². The maximum absolute atomic E-state index is 12.2. The van der Waals surface area contributed by atoms with Gasteiger partial charge in [-0.25, -0.2) is 8.42 Å². The molecule has 24 heavy (non-hydrogen) atoms. The molecule has 0 spiro atoms. The van der Waals surface area contributed by atoms with Gasteiger partial charge in [-0.05, 0) is 49.2 Å². The van der Waals surface area contributed by atoms with Crippen LogP contribution in [0.4, 0.5) is 5.69 Å². The van der Waals surface area contributed by atoms with Crippen LogP contribution >= 0.6 is 0 Å². The molecule has 1 aromatic heterocycles. The average molecular weight is 347 g/mol. The van der Waals surface area contributed by atoms with Gasteiger partial charge in [0.2, 0.25) is 15.9 Å². The molecule has 6 nitrogen and oxygen atoms in total. The lowest BCUT2D eigenvalue weighted by atomic mass is 10.1. The van der Waals surface area contributed by atoms with Crippen molar-refractivity contribution in [2.75, 3.05) is 17.1 Å². The summed E-state index contributed by atoms with van der Waals surface area (Å²) in [6, 6.07) is 10.7. The van der Waals surface area contributed by atoms with Crippen LogP contribution in [-0.2, 0) is 21.4 Å². The first-order valence-electron chi connectivity index (χ1n) is 7.49. The number of sulfonamides is 1. The van der Waals surface area contributed by atoms with Crippen LogP contribution in [0.5, 0.6) is 0 Å². The predicted octanol–water partition coefficient (Wildman–Crippen LogP) is 1.78. The van der Waals surface area contributed by atoms with Gasteiger partial charge in [0, 0.05) is 6.20 Å². The molecule has 0 bridgehead atoms. The maximum atomic E-state index is 12.2. The molecule has 0 saturated carbocycles. The van der Waals surface area contributed by atoms with E-state index in [9.17, 15) is 13.2 Å². The number of nitrogens with zero attached hydrogens (tertiary/aromatic N) is 2. The highest BCUT2D eigenvalue weighted by atomic mass is 32.2. The zero-order valence-electron chi connectivity index (χ0n) is 14.0. The summed E-state index contributed by atoms with van der Waals surface area (Å²) >= 11 is 0. The largest absolute Gasteiger partial charge is 0.349 e. The van der Waals surface area contributed by atoms with Gasteiger partial charge in [-0.1, -0.05) is 12.1 Å². The van der Waals surface area contributed by atoms with E-state index in [1.807, 2.05) is 26.0 Å². The quantitative estimate of drug-likeness (QED) is 0.864. The lowest BCUT2D eigenvalue weighted by molar-refractivity contribution is -0.119. The molecular formula is C17H21N3O3S. The molecular weight excluding hydrogens is 326 g/mol. The number of hydrogen-bond donors (Lipinski definition) is 1. The zero-order valence-corrected chi connectivity index (χ0v) is 14.8. The maximum Gasteiger partial charge on any atom is 0.241 e. The van der Waals surface area contributed by atoms with Crippen LogP contribution in [0, 0.1) is 13.8 Å². The van der Waals surface area contributed by atoms with Crippen molar-refractivity contribution in [2.45, 2.75) is 20.4 Å². The van der Waals surface area contributed by atoms with E-state index in [-0.39, 0.29) is 19.0 Å². The Morgan fingerprint density at radius 3 is 2.50 bits per heavy atom. The van der Waals surface area contributed by atoms with Crippen LogP contribution in [0.3, 0.4) is 0 Å². The van der Waals surface area contributed by atoms with Gasteiger partial charge in [-0.15, -0.1) is 0 Å². The molecule has 0 unspecified atom stereocenters. The fourth-order valence-corrected chi connectivity index (χ4v) is 3.01. The number of pyridine rings is 1. The SMILES string of the molecule is Cc1ccc(N(CC(=O)NCc2ccccn2)S(C)(=O)=O)cc1C. The fraction of sp³-hybridized carbons (Fsp3) is 0.294. The minimum Gasteiger partial charge on any atom is -0.349 e. The lowest BCUT2D eigenvalue weighted by Crippen LogP contribution is -2.40. The van der Waals surface area contributed by atoms with Crippen molar-refractivity contribution < 1.29 is 13.2 Å². The van der Waals surface area contributed by atoms with Gasteiger partial charge in [0.25, 0.3) is 0 Å². The summed E-state index contributed by atoms with van der Waals surface area (Å²) in [6.45, 7) is 3.84. The van der Waals surface area contributed by atoms with Crippen LogP contribution in [0.15, 0.2) is 42.6 Å². The summed E-state index contributed by atoms with van der Waals surface area (Å²) in [5, 5.41) is 2.69. The second-order valence-electron chi connectivity index (χ2n) is 5.64. The highest BCUT2D eigenvalue weighted by Crippen LogP contribution is 2.20. The van der Waals surface area contributed by atoms with E-state index in [0.717, 1.165) is 21.7 Å². The van der Waals surface area contributed by atoms with E-state index >= 15 is 0 Å². The number of amides is 1. The van der Waals surface area contributed by atoms with Crippen molar-refractivity contribution in [3.8, 4) is 0 Å². The summed E-state index contributed by atoms with van der Waals surface area (Å²) in [7, 11) is -3.57. The Bertz CT molecular complexity index is 820. The number of hydrogen-bond acceptors (Lipinski definition) is 4. The molecule has 0 aliphatic rings. The van der Waals surface area contributed by atoms with E-state index in [0.29, 0.717) is 11.4 Å². The van der Waals surface area contributed by atoms with Gasteiger partial charge in [-0.3, -0.25) is 14.1 Å². The number of carbonyl (C=O) groups excluding carboxylic acids is 1. The molecule has 1 N–H and O–H groups in total. The van der Waals surface area contributed by atoms with Crippen LogP contribution in [0.25, 0.3) is 0 Å². The highest BCUT2D eigenvalue weighted by molar-refractivity contribution is 7.92. The molecule has 0 aliphatic heterocycles. The van der Waals surface area contributed by atoms with E-state index in [1.54, 1.807) is 30.5 Å². The number of rotatable bonds is 6. The third kappa shape index (κ3) is 4.79. The fourth-order valence-electron chi connectivity index (χ4n) is 2.16. The topological polar surface area (TPSA) is 79.4 Å². The third-order valence-corrected chi connectivity index (χ3v) is 4.80. The molecule has 0 aliphatic carbocycles. The van der Waals surface area contributed by atoms with Crippen molar-refractivity contribution in [1.29, 1.82) is 0 Å². The van der Waals surface area contributed by atoms with E-state index in [2.05, 4.69) is 10.3 Å². The van der Waals surface area contributed by atoms with Crippen molar-refractivity contribution in [3.05, 3.63) is 59.4 Å². The van der Waals surface area contributed by atoms with E-state index in [4.69, 9.17) is 0 Å². The van der Waals surface area contributed by atoms with Crippen molar-refractivity contribution in [3.63, 3.8) is 0 Å². The smallest absolute Gasteiger partial charge is 0.241 e. The second-order valence-corrected chi connectivity index (χ2v) is 7.54. The highest BCUT2D eigenvalue weighted by Gasteiger charge is 2.21. The molecule has 0 saturated heterocycles. The summed E-state index contributed by atoms with van der Waals surface area (Å²) in [5.74, 6) is -0.385. The van der Waals surface area contributed by atoms with Gasteiger partial charge < -0.3 is 5.32 Å². The zero-order chi connectivity index (χ0) is 17.7. The Hall–Kier alpha value is -2.41. The second kappa shape index (κ2) is 7.44. The Labute approximate surface area is 142 Å². The molecule has 2 aromatic rings. The third-order valence-electron chi connectivity index (χ3n) is 3.66. The van der Waals surface area contributed by atoms with Crippen LogP contribution in [-0.4, -0.2) is 32.1 Å². The summed E-state index contributed by atoms with van der Waals surface area (Å²) < 4.78 is 25.2. The molecule has 128 valence electrons. The first-order valence-corrected chi connectivity index (χ1v) is 9.34. The van der Waals surface area contributed by atoms with Gasteiger partial charge >= 0.3 is 0 Å². The summed E-state index contributed by atoms with van der Waals surface area (Å²) in [6.07, 6.45) is 2.73. The Kier molecular flexibility index (Phi) is 5.56. The molecule has 2 rings (SSSR count). The van der Waals surface area contributed by atoms with E-state index in [1.165, 1.54) is 0 Å². The molecule has 1 heterocycles.